The second-order valence-corrected chi connectivity index (χ2v) is 7.40. The summed E-state index contributed by atoms with van der Waals surface area (Å²) in [5.74, 6) is 1.31. The Labute approximate surface area is 172 Å². The van der Waals surface area contributed by atoms with Crippen LogP contribution in [-0.2, 0) is 9.63 Å². The molecule has 0 aliphatic carbocycles. The third-order valence-corrected chi connectivity index (χ3v) is 5.14. The Bertz CT molecular complexity index is 808. The van der Waals surface area contributed by atoms with Crippen LogP contribution in [0.3, 0.4) is 0 Å². The fourth-order valence-electron chi connectivity index (χ4n) is 3.26. The van der Waals surface area contributed by atoms with Gasteiger partial charge < -0.3 is 19.4 Å². The van der Waals surface area contributed by atoms with Crippen molar-refractivity contribution in [2.24, 2.45) is 5.16 Å². The molecule has 0 bridgehead atoms. The zero-order valence-electron chi connectivity index (χ0n) is 17.4. The Balaban J connectivity index is 1.41. The van der Waals surface area contributed by atoms with Gasteiger partial charge in [-0.2, -0.15) is 0 Å². The van der Waals surface area contributed by atoms with Crippen molar-refractivity contribution >= 4 is 17.8 Å². The van der Waals surface area contributed by atoms with Gasteiger partial charge in [0.25, 0.3) is 5.91 Å². The molecular weight excluding hydrogens is 366 g/mol. The van der Waals surface area contributed by atoms with Crippen molar-refractivity contribution in [1.82, 2.24) is 4.90 Å². The molecule has 29 heavy (non-hydrogen) atoms. The van der Waals surface area contributed by atoms with E-state index in [1.54, 1.807) is 13.3 Å². The molecule has 0 atom stereocenters. The van der Waals surface area contributed by atoms with E-state index in [-0.39, 0.29) is 12.5 Å². The lowest BCUT2D eigenvalue weighted by Crippen LogP contribution is -2.49. The first kappa shape index (κ1) is 20.7. The van der Waals surface area contributed by atoms with Crippen molar-refractivity contribution in [3.63, 3.8) is 0 Å². The Morgan fingerprint density at radius 2 is 1.69 bits per heavy atom. The topological polar surface area (TPSA) is 54.4 Å². The van der Waals surface area contributed by atoms with Crippen molar-refractivity contribution in [3.05, 3.63) is 59.7 Å². The highest BCUT2D eigenvalue weighted by Gasteiger charge is 2.21. The van der Waals surface area contributed by atoms with Gasteiger partial charge in [-0.3, -0.25) is 4.79 Å². The molecule has 1 aliphatic rings. The molecule has 1 fully saturated rings. The fourth-order valence-corrected chi connectivity index (χ4v) is 3.26. The molecule has 0 unspecified atom stereocenters. The van der Waals surface area contributed by atoms with Crippen LogP contribution in [0, 0.1) is 0 Å². The van der Waals surface area contributed by atoms with Crippen molar-refractivity contribution in [1.29, 1.82) is 0 Å². The lowest BCUT2D eigenvalue weighted by Gasteiger charge is -2.35. The fraction of sp³-hybridized carbons (Fsp3) is 0.391. The summed E-state index contributed by atoms with van der Waals surface area (Å²) in [6.07, 6.45) is 1.64. The van der Waals surface area contributed by atoms with Crippen molar-refractivity contribution in [3.8, 4) is 5.75 Å². The number of hydrogen-bond acceptors (Lipinski definition) is 5. The van der Waals surface area contributed by atoms with Crippen LogP contribution in [0.5, 0.6) is 5.75 Å². The molecule has 0 saturated carbocycles. The molecule has 0 N–H and O–H groups in total. The van der Waals surface area contributed by atoms with Gasteiger partial charge in [-0.05, 0) is 41.3 Å². The van der Waals surface area contributed by atoms with E-state index in [1.807, 2.05) is 41.3 Å². The maximum absolute atomic E-state index is 12.3. The van der Waals surface area contributed by atoms with Crippen LogP contribution in [0.15, 0.2) is 53.7 Å². The Kier molecular flexibility index (Phi) is 7.11. The molecule has 1 amide bonds. The smallest absolute Gasteiger partial charge is 0.263 e. The summed E-state index contributed by atoms with van der Waals surface area (Å²) in [5, 5.41) is 3.94. The highest BCUT2D eigenvalue weighted by Crippen LogP contribution is 2.20. The summed E-state index contributed by atoms with van der Waals surface area (Å²) in [6.45, 7) is 7.22. The quantitative estimate of drug-likeness (QED) is 0.532. The summed E-state index contributed by atoms with van der Waals surface area (Å²) in [4.78, 5) is 21.7. The average molecular weight is 396 g/mol. The van der Waals surface area contributed by atoms with Crippen molar-refractivity contribution in [2.75, 3.05) is 44.8 Å². The molecule has 1 saturated heterocycles. The van der Waals surface area contributed by atoms with Gasteiger partial charge in [0.1, 0.15) is 5.75 Å². The third-order valence-electron chi connectivity index (χ3n) is 5.14. The molecule has 2 aromatic carbocycles. The predicted octanol–water partition coefficient (Wildman–Crippen LogP) is 3.52. The largest absolute Gasteiger partial charge is 0.497 e. The molecule has 0 spiro atoms. The number of oxime groups is 1. The summed E-state index contributed by atoms with van der Waals surface area (Å²) in [5.41, 5.74) is 3.38. The monoisotopic (exact) mass is 395 g/mol. The minimum absolute atomic E-state index is 0.0355. The van der Waals surface area contributed by atoms with E-state index in [0.29, 0.717) is 19.0 Å². The van der Waals surface area contributed by atoms with E-state index >= 15 is 0 Å². The lowest BCUT2D eigenvalue weighted by molar-refractivity contribution is -0.136. The summed E-state index contributed by atoms with van der Waals surface area (Å²) in [7, 11) is 1.66. The molecule has 6 nitrogen and oxygen atoms in total. The third kappa shape index (κ3) is 5.73. The number of hydrogen-bond donors (Lipinski definition) is 0. The summed E-state index contributed by atoms with van der Waals surface area (Å²) >= 11 is 0. The van der Waals surface area contributed by atoms with E-state index in [2.05, 4.69) is 36.0 Å². The van der Waals surface area contributed by atoms with Gasteiger partial charge in [0, 0.05) is 31.9 Å². The lowest BCUT2D eigenvalue weighted by atomic mass is 10.0. The molecule has 2 aromatic rings. The zero-order chi connectivity index (χ0) is 20.6. The van der Waals surface area contributed by atoms with E-state index in [1.165, 1.54) is 5.56 Å². The van der Waals surface area contributed by atoms with E-state index in [9.17, 15) is 4.79 Å². The molecule has 1 aliphatic heterocycles. The van der Waals surface area contributed by atoms with Gasteiger partial charge >= 0.3 is 0 Å². The summed E-state index contributed by atoms with van der Waals surface area (Å²) < 4.78 is 5.20. The van der Waals surface area contributed by atoms with Gasteiger partial charge in [-0.25, -0.2) is 0 Å². The van der Waals surface area contributed by atoms with E-state index in [4.69, 9.17) is 9.57 Å². The van der Waals surface area contributed by atoms with E-state index < -0.39 is 0 Å². The highest BCUT2D eigenvalue weighted by molar-refractivity contribution is 5.80. The SMILES string of the molecule is COc1ccc(N2CCN(C(=O)CO/N=C\c3ccc(C(C)C)cc3)CC2)cc1. The number of ether oxygens (including phenoxy) is 1. The molecule has 0 aromatic heterocycles. The second-order valence-electron chi connectivity index (χ2n) is 7.40. The predicted molar refractivity (Wildman–Crippen MR) is 116 cm³/mol. The molecule has 6 heteroatoms. The van der Waals surface area contributed by atoms with Crippen LogP contribution < -0.4 is 9.64 Å². The van der Waals surface area contributed by atoms with Gasteiger partial charge in [-0.15, -0.1) is 0 Å². The first-order valence-corrected chi connectivity index (χ1v) is 9.99. The zero-order valence-corrected chi connectivity index (χ0v) is 17.4. The summed E-state index contributed by atoms with van der Waals surface area (Å²) in [6, 6.07) is 16.2. The second kappa shape index (κ2) is 9.96. The molecule has 154 valence electrons. The minimum atomic E-state index is -0.0386. The van der Waals surface area contributed by atoms with Crippen LogP contribution >= 0.6 is 0 Å². The maximum Gasteiger partial charge on any atom is 0.263 e. The van der Waals surface area contributed by atoms with Gasteiger partial charge in [0.15, 0.2) is 6.61 Å². The van der Waals surface area contributed by atoms with Crippen LogP contribution in [0.1, 0.15) is 30.9 Å². The van der Waals surface area contributed by atoms with Crippen molar-refractivity contribution in [2.45, 2.75) is 19.8 Å². The number of benzene rings is 2. The number of nitrogens with zero attached hydrogens (tertiary/aromatic N) is 3. The molecule has 1 heterocycles. The Morgan fingerprint density at radius 3 is 2.28 bits per heavy atom. The highest BCUT2D eigenvalue weighted by atomic mass is 16.6. The Hall–Kier alpha value is -3.02. The molecule has 0 radical (unpaired) electrons. The first-order valence-electron chi connectivity index (χ1n) is 9.99. The van der Waals surface area contributed by atoms with Gasteiger partial charge in [0.05, 0.1) is 13.3 Å². The number of carbonyl (C=O) groups is 1. The number of amides is 1. The molecular formula is C23H29N3O3. The first-order chi connectivity index (χ1) is 14.1. The van der Waals surface area contributed by atoms with E-state index in [0.717, 1.165) is 30.1 Å². The average Bonchev–Trinajstić information content (AvgIpc) is 2.77. The number of rotatable bonds is 7. The normalized spacial score (nSPS) is 14.5. The van der Waals surface area contributed by atoms with Crippen LogP contribution in [0.25, 0.3) is 0 Å². The molecule has 3 rings (SSSR count). The number of carbonyl (C=O) groups excluding carboxylic acids is 1. The van der Waals surface area contributed by atoms with Gasteiger partial charge in [0.2, 0.25) is 0 Å². The van der Waals surface area contributed by atoms with Crippen molar-refractivity contribution < 1.29 is 14.4 Å². The van der Waals surface area contributed by atoms with Crippen LogP contribution in [0.2, 0.25) is 0 Å². The maximum atomic E-state index is 12.3. The van der Waals surface area contributed by atoms with Crippen LogP contribution in [0.4, 0.5) is 5.69 Å². The standard InChI is InChI=1S/C23H29N3O3/c1-18(2)20-6-4-19(5-7-20)16-24-29-17-23(27)26-14-12-25(13-15-26)21-8-10-22(28-3)11-9-21/h4-11,16,18H,12-15,17H2,1-3H3/b24-16-. The van der Waals surface area contributed by atoms with Crippen LogP contribution in [-0.4, -0.2) is 56.9 Å². The number of piperazine rings is 1. The number of anilines is 1. The number of methoxy groups -OCH3 is 1. The minimum Gasteiger partial charge on any atom is -0.497 e. The van der Waals surface area contributed by atoms with Gasteiger partial charge in [-0.1, -0.05) is 43.3 Å². The Morgan fingerprint density at radius 1 is 1.03 bits per heavy atom.